The molecule has 0 atom stereocenters. The Morgan fingerprint density at radius 3 is 2.50 bits per heavy atom. The Bertz CT molecular complexity index is 398. The van der Waals surface area contributed by atoms with Gasteiger partial charge in [0.2, 0.25) is 0 Å². The third-order valence-electron chi connectivity index (χ3n) is 1.48. The number of non-ortho nitro benzene ring substituents is 1. The molecule has 1 rings (SSSR count). The molecule has 1 amide bonds. The summed E-state index contributed by atoms with van der Waals surface area (Å²) in [6, 6.07) is 1.66. The number of nitrogens with two attached hydrogens (primary N) is 1. The normalized spacial score (nSPS) is 9.86. The summed E-state index contributed by atoms with van der Waals surface area (Å²) >= 11 is 2.82. The Kier molecular flexibility index (Phi) is 2.80. The van der Waals surface area contributed by atoms with Crippen molar-refractivity contribution in [3.63, 3.8) is 0 Å². The molecule has 1 aromatic rings. The van der Waals surface area contributed by atoms with Crippen LogP contribution in [0.5, 0.6) is 0 Å². The largest absolute Gasteiger partial charge is 0.365 e. The molecule has 0 fully saturated rings. The van der Waals surface area contributed by atoms with E-state index >= 15 is 0 Å². The Hall–Kier alpha value is -1.50. The van der Waals surface area contributed by atoms with Crippen LogP contribution in [0.2, 0.25) is 0 Å². The van der Waals surface area contributed by atoms with Gasteiger partial charge < -0.3 is 5.73 Å². The first kappa shape index (κ1) is 10.6. The molecule has 0 aliphatic heterocycles. The van der Waals surface area contributed by atoms with E-state index in [1.165, 1.54) is 0 Å². The van der Waals surface area contributed by atoms with Crippen LogP contribution in [0, 0.1) is 15.9 Å². The number of carbonyl (C=O) groups excluding carboxylic acids is 1. The Morgan fingerprint density at radius 1 is 1.57 bits per heavy atom. The fraction of sp³-hybridized carbons (Fsp3) is 0. The second kappa shape index (κ2) is 3.70. The molecule has 14 heavy (non-hydrogen) atoms. The molecule has 0 spiro atoms. The highest BCUT2D eigenvalue weighted by Crippen LogP contribution is 2.25. The SMILES string of the molecule is NC(=O)c1c(F)cc([N+](=O)[O-])cc1Br. The number of benzene rings is 1. The Labute approximate surface area is 86.0 Å². The summed E-state index contributed by atoms with van der Waals surface area (Å²) in [4.78, 5) is 20.2. The molecule has 0 heterocycles. The molecular formula is C7H4BrFN2O3. The molecule has 1 aromatic carbocycles. The maximum atomic E-state index is 13.1. The average molecular weight is 263 g/mol. The van der Waals surface area contributed by atoms with E-state index in [0.29, 0.717) is 6.07 Å². The first-order valence-corrected chi connectivity index (χ1v) is 4.16. The van der Waals surface area contributed by atoms with Gasteiger partial charge in [0.25, 0.3) is 11.6 Å². The highest BCUT2D eigenvalue weighted by molar-refractivity contribution is 9.10. The molecule has 0 aliphatic carbocycles. The molecule has 74 valence electrons. The fourth-order valence-corrected chi connectivity index (χ4v) is 1.52. The van der Waals surface area contributed by atoms with Gasteiger partial charge in [0, 0.05) is 10.5 Å². The number of primary amides is 1. The van der Waals surface area contributed by atoms with Gasteiger partial charge in [0.15, 0.2) is 0 Å². The molecule has 0 bridgehead atoms. The van der Waals surface area contributed by atoms with Crippen molar-refractivity contribution in [3.8, 4) is 0 Å². The molecule has 7 heteroatoms. The lowest BCUT2D eigenvalue weighted by Gasteiger charge is -2.01. The number of hydrogen-bond acceptors (Lipinski definition) is 3. The van der Waals surface area contributed by atoms with E-state index in [2.05, 4.69) is 15.9 Å². The molecule has 0 radical (unpaired) electrons. The van der Waals surface area contributed by atoms with E-state index in [1.807, 2.05) is 0 Å². The van der Waals surface area contributed by atoms with Crippen LogP contribution in [0.15, 0.2) is 16.6 Å². The minimum absolute atomic E-state index is 0.0308. The molecule has 0 unspecified atom stereocenters. The third-order valence-corrected chi connectivity index (χ3v) is 2.11. The second-order valence-electron chi connectivity index (χ2n) is 2.41. The van der Waals surface area contributed by atoms with Gasteiger partial charge in [0.1, 0.15) is 5.82 Å². The minimum Gasteiger partial charge on any atom is -0.365 e. The van der Waals surface area contributed by atoms with Gasteiger partial charge >= 0.3 is 0 Å². The quantitative estimate of drug-likeness (QED) is 0.649. The zero-order valence-corrected chi connectivity index (χ0v) is 8.25. The first-order valence-electron chi connectivity index (χ1n) is 3.36. The summed E-state index contributed by atoms with van der Waals surface area (Å²) in [7, 11) is 0. The zero-order chi connectivity index (χ0) is 10.9. The number of rotatable bonds is 2. The van der Waals surface area contributed by atoms with Crippen molar-refractivity contribution in [2.24, 2.45) is 5.73 Å². The van der Waals surface area contributed by atoms with Crippen molar-refractivity contribution in [3.05, 3.63) is 38.1 Å². The average Bonchev–Trinajstić information content (AvgIpc) is 2.01. The van der Waals surface area contributed by atoms with Gasteiger partial charge in [-0.05, 0) is 15.9 Å². The van der Waals surface area contributed by atoms with Crippen LogP contribution >= 0.6 is 15.9 Å². The summed E-state index contributed by atoms with van der Waals surface area (Å²) in [5.41, 5.74) is 4.02. The minimum atomic E-state index is -1.02. The van der Waals surface area contributed by atoms with E-state index in [9.17, 15) is 19.3 Å². The van der Waals surface area contributed by atoms with Gasteiger partial charge in [-0.3, -0.25) is 14.9 Å². The van der Waals surface area contributed by atoms with E-state index in [4.69, 9.17) is 5.73 Å². The summed E-state index contributed by atoms with van der Waals surface area (Å²) < 4.78 is 13.1. The zero-order valence-electron chi connectivity index (χ0n) is 6.66. The standard InChI is InChI=1S/C7H4BrFN2O3/c8-4-1-3(11(13)14)2-5(9)6(4)7(10)12/h1-2H,(H2,10,12). The van der Waals surface area contributed by atoms with Gasteiger partial charge in [-0.1, -0.05) is 0 Å². The number of amides is 1. The van der Waals surface area contributed by atoms with Crippen LogP contribution in [0.25, 0.3) is 0 Å². The Morgan fingerprint density at radius 2 is 2.14 bits per heavy atom. The maximum absolute atomic E-state index is 13.1. The third kappa shape index (κ3) is 1.87. The molecule has 0 aromatic heterocycles. The van der Waals surface area contributed by atoms with E-state index in [-0.39, 0.29) is 4.47 Å². The first-order chi connectivity index (χ1) is 6.43. The maximum Gasteiger partial charge on any atom is 0.273 e. The molecule has 0 saturated heterocycles. The molecule has 5 nitrogen and oxygen atoms in total. The van der Waals surface area contributed by atoms with Gasteiger partial charge in [-0.15, -0.1) is 0 Å². The lowest BCUT2D eigenvalue weighted by molar-refractivity contribution is -0.385. The molecular weight excluding hydrogens is 259 g/mol. The van der Waals surface area contributed by atoms with Gasteiger partial charge in [-0.2, -0.15) is 0 Å². The van der Waals surface area contributed by atoms with Crippen LogP contribution in [0.4, 0.5) is 10.1 Å². The van der Waals surface area contributed by atoms with Crippen LogP contribution in [0.3, 0.4) is 0 Å². The summed E-state index contributed by atoms with van der Waals surface area (Å²) in [5.74, 6) is -2.00. The van der Waals surface area contributed by atoms with E-state index in [1.54, 1.807) is 0 Å². The fourth-order valence-electron chi connectivity index (χ4n) is 0.901. The number of nitro groups is 1. The lowest BCUT2D eigenvalue weighted by Crippen LogP contribution is -2.14. The number of nitrogens with zero attached hydrogens (tertiary/aromatic N) is 1. The van der Waals surface area contributed by atoms with Gasteiger partial charge in [-0.25, -0.2) is 4.39 Å². The highest BCUT2D eigenvalue weighted by Gasteiger charge is 2.18. The molecule has 0 saturated carbocycles. The second-order valence-corrected chi connectivity index (χ2v) is 3.26. The van der Waals surface area contributed by atoms with Crippen molar-refractivity contribution >= 4 is 27.5 Å². The van der Waals surface area contributed by atoms with E-state index < -0.39 is 27.9 Å². The van der Waals surface area contributed by atoms with Crippen molar-refractivity contribution in [2.45, 2.75) is 0 Å². The van der Waals surface area contributed by atoms with Crippen LogP contribution < -0.4 is 5.73 Å². The van der Waals surface area contributed by atoms with Crippen LogP contribution in [-0.2, 0) is 0 Å². The monoisotopic (exact) mass is 262 g/mol. The highest BCUT2D eigenvalue weighted by atomic mass is 79.9. The van der Waals surface area contributed by atoms with Crippen LogP contribution in [0.1, 0.15) is 10.4 Å². The smallest absolute Gasteiger partial charge is 0.273 e. The number of hydrogen-bond donors (Lipinski definition) is 1. The lowest BCUT2D eigenvalue weighted by atomic mass is 10.2. The van der Waals surface area contributed by atoms with Crippen molar-refractivity contribution in [2.75, 3.05) is 0 Å². The van der Waals surface area contributed by atoms with Crippen molar-refractivity contribution in [1.29, 1.82) is 0 Å². The summed E-state index contributed by atoms with van der Waals surface area (Å²) in [6.07, 6.45) is 0. The summed E-state index contributed by atoms with van der Waals surface area (Å²) in [6.45, 7) is 0. The predicted octanol–water partition coefficient (Wildman–Crippen LogP) is 1.60. The van der Waals surface area contributed by atoms with E-state index in [0.717, 1.165) is 6.07 Å². The summed E-state index contributed by atoms with van der Waals surface area (Å²) in [5, 5.41) is 10.3. The van der Waals surface area contributed by atoms with Gasteiger partial charge in [0.05, 0.1) is 16.6 Å². The number of carbonyl (C=O) groups is 1. The number of nitro benzene ring substituents is 1. The topological polar surface area (TPSA) is 86.2 Å². The van der Waals surface area contributed by atoms with Crippen molar-refractivity contribution < 1.29 is 14.1 Å². The number of halogens is 2. The predicted molar refractivity (Wildman–Crippen MR) is 49.3 cm³/mol. The molecule has 2 N–H and O–H groups in total. The van der Waals surface area contributed by atoms with Crippen LogP contribution in [-0.4, -0.2) is 10.8 Å². The Balaban J connectivity index is 3.39. The molecule has 0 aliphatic rings. The van der Waals surface area contributed by atoms with Crippen molar-refractivity contribution in [1.82, 2.24) is 0 Å².